The molecular weight excluding hydrogens is 712 g/mol. The van der Waals surface area contributed by atoms with Gasteiger partial charge in [-0.15, -0.1) is 18.9 Å². The van der Waals surface area contributed by atoms with Gasteiger partial charge in [-0.3, -0.25) is 33.6 Å². The standard InChI is InChI=1S/C34H38N8O12/c43-27-13-3-9-23(39(27)51)31(47)35-17-7-21-37(33(49)25-11-5-15-29(45)41(25)53)19-1-2-20-38(34(50)26-12-6-16-30(46)42(26)54)22-8-18-36-32(48)24-10-4-14-28(44)40(24)52/h3-6,9-16,51-54H,1-2,7-8,17-22H2,(H,35,47)(H,36,48)/p+1. The van der Waals surface area contributed by atoms with Crippen LogP contribution >= 0.6 is 0 Å². The van der Waals surface area contributed by atoms with Crippen LogP contribution in [0.1, 0.15) is 62.8 Å². The van der Waals surface area contributed by atoms with Crippen molar-refractivity contribution in [3.63, 3.8) is 0 Å². The number of aliphatic hydroxyl groups is 1. The van der Waals surface area contributed by atoms with E-state index in [1.165, 1.54) is 58.3 Å². The minimum absolute atomic E-state index is 0.0102. The summed E-state index contributed by atoms with van der Waals surface area (Å²) < 4.78 is 0.886. The van der Waals surface area contributed by atoms with Crippen molar-refractivity contribution in [2.75, 3.05) is 39.3 Å². The number of aromatic nitrogens is 4. The van der Waals surface area contributed by atoms with Crippen molar-refractivity contribution in [3.8, 4) is 0 Å². The first-order chi connectivity index (χ1) is 25.8. The van der Waals surface area contributed by atoms with E-state index in [2.05, 4.69) is 10.3 Å². The lowest BCUT2D eigenvalue weighted by Crippen LogP contribution is -2.74. The molecule has 0 aromatic carbocycles. The molecule has 0 saturated heterocycles. The van der Waals surface area contributed by atoms with Crippen molar-refractivity contribution < 1.29 is 45.3 Å². The predicted octanol–water partition coefficient (Wildman–Crippen LogP) is -2.06. The van der Waals surface area contributed by atoms with Crippen molar-refractivity contribution >= 4 is 23.6 Å². The van der Waals surface area contributed by atoms with E-state index in [4.69, 9.17) is 0 Å². The number of aliphatic hydroxyl groups excluding tert-OH is 1. The molecule has 0 atom stereocenters. The third-order valence-corrected chi connectivity index (χ3v) is 8.10. The number of carbonyl (C=O) groups excluding carboxylic acids is 3. The maximum Gasteiger partial charge on any atom is 0.386 e. The van der Waals surface area contributed by atoms with E-state index in [9.17, 15) is 59.5 Å². The molecule has 3 amide bonds. The van der Waals surface area contributed by atoms with E-state index in [-0.39, 0.29) is 107 Å². The van der Waals surface area contributed by atoms with Gasteiger partial charge in [0.25, 0.3) is 40.0 Å². The molecule has 4 aromatic heterocycles. The molecule has 0 saturated carbocycles. The summed E-state index contributed by atoms with van der Waals surface area (Å²) in [5, 5.41) is 53.1. The van der Waals surface area contributed by atoms with E-state index >= 15 is 0 Å². The van der Waals surface area contributed by atoms with Crippen molar-refractivity contribution in [1.29, 1.82) is 0 Å². The molecule has 0 aliphatic carbocycles. The van der Waals surface area contributed by atoms with Crippen LogP contribution in [0.4, 0.5) is 0 Å². The van der Waals surface area contributed by atoms with Crippen LogP contribution in [-0.2, 0) is 0 Å². The Hall–Kier alpha value is -7.12. The molecular formula is C34H39N8O12+. The number of rotatable bonds is 17. The Morgan fingerprint density at radius 3 is 1.39 bits per heavy atom. The molecule has 4 rings (SSSR count). The second-order valence-electron chi connectivity index (χ2n) is 11.8. The molecule has 286 valence electrons. The average Bonchev–Trinajstić information content (AvgIpc) is 3.15. The highest BCUT2D eigenvalue weighted by Crippen LogP contribution is 2.09. The molecule has 0 aliphatic heterocycles. The lowest BCUT2D eigenvalue weighted by Gasteiger charge is -2.25. The van der Waals surface area contributed by atoms with E-state index in [0.717, 1.165) is 24.3 Å². The van der Waals surface area contributed by atoms with Gasteiger partial charge in [-0.05, 0) is 43.5 Å². The predicted molar refractivity (Wildman–Crippen MR) is 187 cm³/mol. The van der Waals surface area contributed by atoms with Gasteiger partial charge in [0.05, 0.1) is 0 Å². The monoisotopic (exact) mass is 751 g/mol. The molecule has 4 heterocycles. The van der Waals surface area contributed by atoms with Crippen LogP contribution in [0.25, 0.3) is 0 Å². The van der Waals surface area contributed by atoms with Gasteiger partial charge in [0, 0.05) is 63.4 Å². The normalized spacial score (nSPS) is 11.2. The molecule has 54 heavy (non-hydrogen) atoms. The van der Waals surface area contributed by atoms with Crippen molar-refractivity contribution in [3.05, 3.63) is 137 Å². The summed E-state index contributed by atoms with van der Waals surface area (Å²) in [4.78, 5) is 92.2. The number of hydrogen-bond donors (Lipinski definition) is 7. The van der Waals surface area contributed by atoms with Gasteiger partial charge in [-0.2, -0.15) is 0 Å². The van der Waals surface area contributed by atoms with Crippen molar-refractivity contribution in [2.45, 2.75) is 25.7 Å². The molecule has 4 aromatic rings. The summed E-state index contributed by atoms with van der Waals surface area (Å²) in [6.07, 6.45) is 0.958. The van der Waals surface area contributed by atoms with Gasteiger partial charge in [0.1, 0.15) is 23.6 Å². The molecule has 0 radical (unpaired) electrons. The Kier molecular flexibility index (Phi) is 13.5. The van der Waals surface area contributed by atoms with Gasteiger partial charge in [0.15, 0.2) is 5.69 Å². The lowest BCUT2D eigenvalue weighted by atomic mass is 10.2. The fraction of sp³-hybridized carbons (Fsp3) is 0.294. The highest BCUT2D eigenvalue weighted by atomic mass is 16.5. The van der Waals surface area contributed by atoms with Crippen LogP contribution in [0.2, 0.25) is 0 Å². The van der Waals surface area contributed by atoms with E-state index in [1.807, 2.05) is 0 Å². The number of nitrogens with zero attached hydrogens (tertiary/aromatic N) is 6. The minimum atomic E-state index is -0.835. The van der Waals surface area contributed by atoms with Crippen LogP contribution in [-0.4, -0.2) is 118 Å². The first-order valence-corrected chi connectivity index (χ1v) is 16.6. The number of hydrogen-bond acceptors (Lipinski definition) is 11. The summed E-state index contributed by atoms with van der Waals surface area (Å²) in [6, 6.07) is 14.6. The zero-order valence-corrected chi connectivity index (χ0v) is 28.8. The SMILES string of the molecule is O=C(NCCCN(CCCCN(CCC[NH+]=C(O)c1cccc(=O)n1O)C(=O)c1cccc(=O)n1O)C(=O)c1cccc(=O)n1O)c1cccc(=O)n1O. The fourth-order valence-corrected chi connectivity index (χ4v) is 5.29. The van der Waals surface area contributed by atoms with E-state index < -0.39 is 45.9 Å². The van der Waals surface area contributed by atoms with Gasteiger partial charge < -0.3 is 41.1 Å². The largest absolute Gasteiger partial charge is 0.459 e. The Morgan fingerprint density at radius 1 is 0.537 bits per heavy atom. The first kappa shape index (κ1) is 39.7. The van der Waals surface area contributed by atoms with Crippen molar-refractivity contribution in [1.82, 2.24) is 34.0 Å². The Balaban J connectivity index is 1.43. The molecule has 20 heteroatoms. The second kappa shape index (κ2) is 18.4. The van der Waals surface area contributed by atoms with Crippen LogP contribution in [0.5, 0.6) is 0 Å². The topological polar surface area (TPSA) is 273 Å². The smallest absolute Gasteiger partial charge is 0.386 e. The van der Waals surface area contributed by atoms with E-state index in [1.54, 1.807) is 0 Å². The first-order valence-electron chi connectivity index (χ1n) is 16.6. The maximum atomic E-state index is 13.5. The number of amides is 3. The summed E-state index contributed by atoms with van der Waals surface area (Å²) >= 11 is 0. The third kappa shape index (κ3) is 9.80. The molecule has 0 fully saturated rings. The zero-order valence-electron chi connectivity index (χ0n) is 28.8. The summed E-state index contributed by atoms with van der Waals surface area (Å²) in [5.41, 5.74) is -4.34. The van der Waals surface area contributed by atoms with Gasteiger partial charge >= 0.3 is 5.90 Å². The number of unbranched alkanes of at least 4 members (excludes halogenated alkanes) is 1. The van der Waals surface area contributed by atoms with Crippen LogP contribution in [0.3, 0.4) is 0 Å². The third-order valence-electron chi connectivity index (χ3n) is 8.10. The summed E-state index contributed by atoms with van der Waals surface area (Å²) in [6.45, 7) is 0.291. The van der Waals surface area contributed by atoms with Gasteiger partial charge in [0.2, 0.25) is 0 Å². The molecule has 0 spiro atoms. The maximum absolute atomic E-state index is 13.5. The van der Waals surface area contributed by atoms with E-state index in [0.29, 0.717) is 0 Å². The molecule has 20 nitrogen and oxygen atoms in total. The minimum Gasteiger partial charge on any atom is -0.459 e. The number of pyridine rings is 4. The Bertz CT molecular complexity index is 2260. The molecule has 0 bridgehead atoms. The zero-order chi connectivity index (χ0) is 39.4. The number of nitrogens with one attached hydrogen (secondary N) is 2. The number of carbonyl (C=O) groups is 3. The van der Waals surface area contributed by atoms with Crippen LogP contribution in [0.15, 0.2) is 92.0 Å². The van der Waals surface area contributed by atoms with Crippen molar-refractivity contribution in [2.24, 2.45) is 0 Å². The second-order valence-corrected chi connectivity index (χ2v) is 11.8. The highest BCUT2D eigenvalue weighted by molar-refractivity contribution is 5.93. The van der Waals surface area contributed by atoms with Gasteiger partial charge in [-0.25, -0.2) is 4.99 Å². The van der Waals surface area contributed by atoms with Crippen LogP contribution in [0, 0.1) is 0 Å². The Labute approximate surface area is 304 Å². The lowest BCUT2D eigenvalue weighted by molar-refractivity contribution is -0.466. The molecule has 7 N–H and O–H groups in total. The fourth-order valence-electron chi connectivity index (χ4n) is 5.29. The van der Waals surface area contributed by atoms with Gasteiger partial charge in [-0.1, -0.05) is 24.3 Å². The quantitative estimate of drug-likeness (QED) is 0.0266. The highest BCUT2D eigenvalue weighted by Gasteiger charge is 2.23. The molecule has 0 unspecified atom stereocenters. The summed E-state index contributed by atoms with van der Waals surface area (Å²) in [5.74, 6) is -2.64. The summed E-state index contributed by atoms with van der Waals surface area (Å²) in [7, 11) is 0. The van der Waals surface area contributed by atoms with Crippen LogP contribution < -0.4 is 32.5 Å². The average molecular weight is 752 g/mol. The molecule has 0 aliphatic rings. The Morgan fingerprint density at radius 2 is 0.907 bits per heavy atom.